The van der Waals surface area contributed by atoms with E-state index in [0.717, 1.165) is 45.1 Å². The molecular formula is C30H22IrN4-2. The molecule has 6 rings (SSSR count). The molecule has 0 saturated carbocycles. The molecule has 3 aromatic carbocycles. The minimum Gasteiger partial charge on any atom is -0.332 e. The van der Waals surface area contributed by atoms with Crippen molar-refractivity contribution in [3.05, 3.63) is 133 Å². The molecule has 0 aliphatic rings. The maximum Gasteiger partial charge on any atom is 0.0851 e. The van der Waals surface area contributed by atoms with Gasteiger partial charge in [0.2, 0.25) is 0 Å². The average Bonchev–Trinajstić information content (AvgIpc) is 3.32. The molecular weight excluding hydrogens is 609 g/mol. The van der Waals surface area contributed by atoms with Crippen LogP contribution in [0.2, 0.25) is 0 Å². The molecule has 1 radical (unpaired) electrons. The number of pyridine rings is 2. The van der Waals surface area contributed by atoms with Gasteiger partial charge in [0.15, 0.2) is 0 Å². The van der Waals surface area contributed by atoms with Crippen LogP contribution in [0.1, 0.15) is 5.69 Å². The van der Waals surface area contributed by atoms with E-state index in [4.69, 9.17) is 4.98 Å². The van der Waals surface area contributed by atoms with Crippen LogP contribution in [0, 0.1) is 19.1 Å². The molecule has 173 valence electrons. The third-order valence-corrected chi connectivity index (χ3v) is 5.36. The summed E-state index contributed by atoms with van der Waals surface area (Å²) in [5.41, 5.74) is 7.02. The molecule has 0 saturated heterocycles. The summed E-state index contributed by atoms with van der Waals surface area (Å²) in [6, 6.07) is 40.2. The summed E-state index contributed by atoms with van der Waals surface area (Å²) in [4.78, 5) is 13.5. The molecule has 0 unspecified atom stereocenters. The zero-order chi connectivity index (χ0) is 23.2. The fourth-order valence-electron chi connectivity index (χ4n) is 3.80. The van der Waals surface area contributed by atoms with Gasteiger partial charge in [-0.15, -0.1) is 71.8 Å². The predicted molar refractivity (Wildman–Crippen MR) is 136 cm³/mol. The molecule has 3 aromatic heterocycles. The molecule has 0 atom stereocenters. The molecule has 0 spiro atoms. The van der Waals surface area contributed by atoms with Crippen LogP contribution >= 0.6 is 0 Å². The van der Waals surface area contributed by atoms with Gasteiger partial charge in [-0.05, 0) is 36.9 Å². The summed E-state index contributed by atoms with van der Waals surface area (Å²) >= 11 is 0. The molecule has 35 heavy (non-hydrogen) atoms. The van der Waals surface area contributed by atoms with Crippen molar-refractivity contribution in [2.45, 2.75) is 6.92 Å². The van der Waals surface area contributed by atoms with E-state index in [1.54, 1.807) is 12.4 Å². The van der Waals surface area contributed by atoms with Crippen LogP contribution in [0.15, 0.2) is 116 Å². The third-order valence-electron chi connectivity index (χ3n) is 5.36. The Hall–Kier alpha value is -3.92. The minimum atomic E-state index is 0. The second kappa shape index (κ2) is 11.5. The molecule has 4 nitrogen and oxygen atoms in total. The normalized spacial score (nSPS) is 10.2. The van der Waals surface area contributed by atoms with E-state index in [2.05, 4.69) is 38.8 Å². The van der Waals surface area contributed by atoms with E-state index in [1.165, 1.54) is 0 Å². The Morgan fingerprint density at radius 2 is 1.34 bits per heavy atom. The molecule has 3 heterocycles. The number of hydrogen-bond acceptors (Lipinski definition) is 3. The van der Waals surface area contributed by atoms with Crippen molar-refractivity contribution in [3.63, 3.8) is 0 Å². The summed E-state index contributed by atoms with van der Waals surface area (Å²) in [7, 11) is 0. The van der Waals surface area contributed by atoms with Gasteiger partial charge in [0.25, 0.3) is 0 Å². The number of hydrogen-bond donors (Lipinski definition) is 0. The number of benzene rings is 3. The van der Waals surface area contributed by atoms with Gasteiger partial charge in [-0.3, -0.25) is 9.97 Å². The van der Waals surface area contributed by atoms with E-state index >= 15 is 0 Å². The Labute approximate surface area is 218 Å². The number of aromatic nitrogens is 4. The van der Waals surface area contributed by atoms with E-state index < -0.39 is 0 Å². The molecule has 5 heteroatoms. The summed E-state index contributed by atoms with van der Waals surface area (Å²) in [5, 5.41) is 0. The Bertz CT molecular complexity index is 1450. The molecule has 0 aliphatic heterocycles. The van der Waals surface area contributed by atoms with Gasteiger partial charge in [0.1, 0.15) is 0 Å². The van der Waals surface area contributed by atoms with Crippen molar-refractivity contribution in [2.75, 3.05) is 0 Å². The summed E-state index contributed by atoms with van der Waals surface area (Å²) in [6.07, 6.45) is 3.59. The number of para-hydroxylation sites is 1. The van der Waals surface area contributed by atoms with Gasteiger partial charge < -0.3 is 9.55 Å². The van der Waals surface area contributed by atoms with Crippen LogP contribution in [0.3, 0.4) is 0 Å². The van der Waals surface area contributed by atoms with Crippen LogP contribution in [0.5, 0.6) is 0 Å². The largest absolute Gasteiger partial charge is 0.332 e. The van der Waals surface area contributed by atoms with Crippen molar-refractivity contribution >= 4 is 11.0 Å². The standard InChI is InChI=1S/C19H14N3.C11H8N.Ir/c1-14-18-17(12-13-20-14)21-19(15-8-4-2-5-9-15)22(18)16-10-6-3-7-11-16;1-2-6-10(7-3-1)11-8-4-5-9-12-11;/h2-8,10-13H,1H3;1-6,8-9H;/q2*-1;. The van der Waals surface area contributed by atoms with Crippen LogP contribution in [0.4, 0.5) is 0 Å². The first-order valence-corrected chi connectivity index (χ1v) is 11.1. The molecule has 0 bridgehead atoms. The van der Waals surface area contributed by atoms with E-state index in [0.29, 0.717) is 0 Å². The minimum absolute atomic E-state index is 0. The van der Waals surface area contributed by atoms with E-state index in [-0.39, 0.29) is 20.1 Å². The zero-order valence-corrected chi connectivity index (χ0v) is 21.5. The van der Waals surface area contributed by atoms with Crippen LogP contribution < -0.4 is 0 Å². The van der Waals surface area contributed by atoms with Crippen molar-refractivity contribution in [1.82, 2.24) is 19.5 Å². The average molecular weight is 631 g/mol. The van der Waals surface area contributed by atoms with Crippen molar-refractivity contribution < 1.29 is 20.1 Å². The van der Waals surface area contributed by atoms with E-state index in [1.807, 2.05) is 97.9 Å². The number of nitrogens with zero attached hydrogens (tertiary/aromatic N) is 4. The smallest absolute Gasteiger partial charge is 0.0851 e. The van der Waals surface area contributed by atoms with Gasteiger partial charge in [-0.2, -0.15) is 0 Å². The van der Waals surface area contributed by atoms with Gasteiger partial charge in [-0.25, -0.2) is 0 Å². The molecule has 0 fully saturated rings. The summed E-state index contributed by atoms with van der Waals surface area (Å²) < 4.78 is 2.16. The second-order valence-corrected chi connectivity index (χ2v) is 7.64. The number of rotatable bonds is 3. The van der Waals surface area contributed by atoms with E-state index in [9.17, 15) is 0 Å². The maximum atomic E-state index is 4.81. The third kappa shape index (κ3) is 5.43. The van der Waals surface area contributed by atoms with Gasteiger partial charge in [-0.1, -0.05) is 30.3 Å². The quantitative estimate of drug-likeness (QED) is 0.204. The number of imidazole rings is 1. The fourth-order valence-corrected chi connectivity index (χ4v) is 3.80. The molecule has 0 aliphatic carbocycles. The van der Waals surface area contributed by atoms with Gasteiger partial charge in [0.05, 0.1) is 22.6 Å². The first-order chi connectivity index (χ1) is 16.8. The SMILES string of the molecule is Cc1nccc2nc(-c3[c-]cccc3)n(-c3ccccc3)c12.[Ir].[c-]1ccccc1-c1ccccn1. The van der Waals surface area contributed by atoms with Crippen LogP contribution in [0.25, 0.3) is 39.4 Å². The number of aryl methyl sites for hydroxylation is 1. The molecule has 6 aromatic rings. The maximum absolute atomic E-state index is 4.81. The predicted octanol–water partition coefficient (Wildman–Crippen LogP) is 6.74. The zero-order valence-electron chi connectivity index (χ0n) is 19.1. The first kappa shape index (κ1) is 24.2. The topological polar surface area (TPSA) is 43.6 Å². The Kier molecular flexibility index (Phi) is 7.94. The van der Waals surface area contributed by atoms with Gasteiger partial charge in [0, 0.05) is 38.2 Å². The summed E-state index contributed by atoms with van der Waals surface area (Å²) in [5.74, 6) is 0.887. The van der Waals surface area contributed by atoms with Gasteiger partial charge >= 0.3 is 0 Å². The van der Waals surface area contributed by atoms with Crippen molar-refractivity contribution in [2.24, 2.45) is 0 Å². The van der Waals surface area contributed by atoms with Crippen molar-refractivity contribution in [1.29, 1.82) is 0 Å². The second-order valence-electron chi connectivity index (χ2n) is 7.64. The Morgan fingerprint density at radius 3 is 2.00 bits per heavy atom. The monoisotopic (exact) mass is 631 g/mol. The fraction of sp³-hybridized carbons (Fsp3) is 0.0333. The molecule has 0 amide bonds. The Balaban J connectivity index is 0.000000189. The molecule has 0 N–H and O–H groups in total. The summed E-state index contributed by atoms with van der Waals surface area (Å²) in [6.45, 7) is 2.02. The van der Waals surface area contributed by atoms with Crippen LogP contribution in [-0.2, 0) is 20.1 Å². The van der Waals surface area contributed by atoms with Crippen LogP contribution in [-0.4, -0.2) is 19.5 Å². The van der Waals surface area contributed by atoms with Crippen molar-refractivity contribution in [3.8, 4) is 28.3 Å². The Morgan fingerprint density at radius 1 is 0.657 bits per heavy atom. The first-order valence-electron chi connectivity index (χ1n) is 11.1. The number of fused-ring (bicyclic) bond motifs is 1.